The number of benzene rings is 1. The van der Waals surface area contributed by atoms with Crippen LogP contribution < -0.4 is 4.74 Å². The fraction of sp³-hybridized carbons (Fsp3) is 0.583. The van der Waals surface area contributed by atoms with E-state index < -0.39 is 0 Å². The van der Waals surface area contributed by atoms with Gasteiger partial charge >= 0.3 is 0 Å². The summed E-state index contributed by atoms with van der Waals surface area (Å²) in [6, 6.07) is 10.2. The highest BCUT2D eigenvalue weighted by Gasteiger charge is 2.45. The lowest BCUT2D eigenvalue weighted by Crippen LogP contribution is -2.48. The highest BCUT2D eigenvalue weighted by molar-refractivity contribution is 5.93. The van der Waals surface area contributed by atoms with Crippen molar-refractivity contribution >= 4 is 5.91 Å². The first-order valence-corrected chi connectivity index (χ1v) is 11.1. The molecule has 0 bridgehead atoms. The number of rotatable bonds is 5. The smallest absolute Gasteiger partial charge is 0.276 e. The summed E-state index contributed by atoms with van der Waals surface area (Å²) in [5.41, 5.74) is 1.72. The molecule has 3 heterocycles. The van der Waals surface area contributed by atoms with Crippen molar-refractivity contribution in [3.05, 3.63) is 47.3 Å². The number of methoxy groups -OCH3 is 1. The topological polar surface area (TPSA) is 58.8 Å². The number of likely N-dealkylation sites (tertiary alicyclic amines) is 2. The highest BCUT2D eigenvalue weighted by atomic mass is 16.5. The molecule has 0 saturated carbocycles. The fourth-order valence-electron chi connectivity index (χ4n) is 4.96. The largest absolute Gasteiger partial charge is 0.497 e. The van der Waals surface area contributed by atoms with E-state index in [1.54, 1.807) is 7.11 Å². The van der Waals surface area contributed by atoms with Gasteiger partial charge in [-0.2, -0.15) is 0 Å². The molecule has 6 heteroatoms. The average Bonchev–Trinajstić information content (AvgIpc) is 3.35. The van der Waals surface area contributed by atoms with Crippen LogP contribution in [0.3, 0.4) is 0 Å². The summed E-state index contributed by atoms with van der Waals surface area (Å²) in [4.78, 5) is 17.9. The van der Waals surface area contributed by atoms with Crippen LogP contribution in [0.5, 0.6) is 5.75 Å². The van der Waals surface area contributed by atoms with Gasteiger partial charge in [-0.25, -0.2) is 0 Å². The maximum atomic E-state index is 13.3. The summed E-state index contributed by atoms with van der Waals surface area (Å²) in [5.74, 6) is 1.93. The van der Waals surface area contributed by atoms with Crippen molar-refractivity contribution < 1.29 is 14.1 Å². The molecule has 30 heavy (non-hydrogen) atoms. The molecule has 0 N–H and O–H groups in total. The van der Waals surface area contributed by atoms with Crippen molar-refractivity contribution in [3.63, 3.8) is 0 Å². The third-order valence-electron chi connectivity index (χ3n) is 6.73. The number of hydrogen-bond donors (Lipinski definition) is 0. The van der Waals surface area contributed by atoms with Crippen LogP contribution in [0.15, 0.2) is 34.9 Å². The molecule has 0 radical (unpaired) electrons. The van der Waals surface area contributed by atoms with Crippen molar-refractivity contribution in [1.82, 2.24) is 15.0 Å². The Morgan fingerprint density at radius 2 is 1.87 bits per heavy atom. The number of hydrogen-bond acceptors (Lipinski definition) is 5. The zero-order chi connectivity index (χ0) is 21.1. The van der Waals surface area contributed by atoms with Crippen LogP contribution in [-0.4, -0.2) is 53.1 Å². The fourth-order valence-corrected chi connectivity index (χ4v) is 4.96. The minimum atomic E-state index is -0.0390. The maximum Gasteiger partial charge on any atom is 0.276 e. The van der Waals surface area contributed by atoms with Gasteiger partial charge in [0, 0.05) is 37.2 Å². The summed E-state index contributed by atoms with van der Waals surface area (Å²) in [6.07, 6.45) is 5.34. The molecule has 2 saturated heterocycles. The van der Waals surface area contributed by atoms with E-state index in [1.165, 1.54) is 5.56 Å². The molecule has 4 rings (SSSR count). The molecule has 1 atom stereocenters. The molecule has 6 nitrogen and oxygen atoms in total. The van der Waals surface area contributed by atoms with Gasteiger partial charge in [0.25, 0.3) is 5.91 Å². The number of aromatic nitrogens is 1. The molecule has 1 amide bonds. The molecule has 2 aliphatic rings. The monoisotopic (exact) mass is 411 g/mol. The molecule has 0 aliphatic carbocycles. The van der Waals surface area contributed by atoms with Gasteiger partial charge in [0.1, 0.15) is 11.5 Å². The number of carbonyl (C=O) groups is 1. The predicted octanol–water partition coefficient (Wildman–Crippen LogP) is 4.47. The molecular formula is C24H33N3O3. The van der Waals surface area contributed by atoms with Crippen molar-refractivity contribution in [1.29, 1.82) is 0 Å². The SMILES string of the molecule is COc1ccc(CN2CCCC3(CCCN3C(=O)c3cc(C(C)C)on3)CC2)cc1. The Hall–Kier alpha value is -2.34. The normalized spacial score (nSPS) is 22.6. The van der Waals surface area contributed by atoms with E-state index in [4.69, 9.17) is 9.26 Å². The molecule has 2 aromatic rings. The van der Waals surface area contributed by atoms with E-state index in [-0.39, 0.29) is 17.4 Å². The second-order valence-corrected chi connectivity index (χ2v) is 9.03. The first-order valence-electron chi connectivity index (χ1n) is 11.1. The predicted molar refractivity (Wildman–Crippen MR) is 116 cm³/mol. The van der Waals surface area contributed by atoms with Gasteiger partial charge in [-0.15, -0.1) is 0 Å². The van der Waals surface area contributed by atoms with Crippen molar-refractivity contribution in [2.45, 2.75) is 64.0 Å². The van der Waals surface area contributed by atoms with Crippen molar-refractivity contribution in [3.8, 4) is 5.75 Å². The van der Waals surface area contributed by atoms with E-state index in [9.17, 15) is 4.79 Å². The van der Waals surface area contributed by atoms with Gasteiger partial charge in [0.2, 0.25) is 0 Å². The summed E-state index contributed by atoms with van der Waals surface area (Å²) in [6.45, 7) is 7.93. The average molecular weight is 412 g/mol. The Kier molecular flexibility index (Phi) is 6.14. The van der Waals surface area contributed by atoms with Crippen LogP contribution >= 0.6 is 0 Å². The van der Waals surface area contributed by atoms with E-state index >= 15 is 0 Å². The van der Waals surface area contributed by atoms with Crippen LogP contribution in [-0.2, 0) is 6.54 Å². The molecule has 162 valence electrons. The number of ether oxygens (including phenoxy) is 1. The highest BCUT2D eigenvalue weighted by Crippen LogP contribution is 2.39. The molecular weight excluding hydrogens is 378 g/mol. The Bertz CT molecular complexity index is 861. The second kappa shape index (κ2) is 8.80. The Labute approximate surface area is 179 Å². The summed E-state index contributed by atoms with van der Waals surface area (Å²) < 4.78 is 10.7. The number of carbonyl (C=O) groups excluding carboxylic acids is 1. The van der Waals surface area contributed by atoms with Crippen LogP contribution in [0.2, 0.25) is 0 Å². The van der Waals surface area contributed by atoms with E-state index in [1.807, 2.05) is 18.2 Å². The third kappa shape index (κ3) is 4.24. The summed E-state index contributed by atoms with van der Waals surface area (Å²) in [7, 11) is 1.70. The van der Waals surface area contributed by atoms with Crippen molar-refractivity contribution in [2.75, 3.05) is 26.7 Å². The minimum Gasteiger partial charge on any atom is -0.497 e. The van der Waals surface area contributed by atoms with Gasteiger partial charge in [-0.1, -0.05) is 31.1 Å². The molecule has 2 aliphatic heterocycles. The van der Waals surface area contributed by atoms with Crippen LogP contribution in [0.1, 0.15) is 73.7 Å². The molecule has 2 fully saturated rings. The van der Waals surface area contributed by atoms with Gasteiger partial charge < -0.3 is 14.2 Å². The zero-order valence-corrected chi connectivity index (χ0v) is 18.4. The first-order chi connectivity index (χ1) is 14.5. The zero-order valence-electron chi connectivity index (χ0n) is 18.4. The quantitative estimate of drug-likeness (QED) is 0.727. The number of nitrogens with zero attached hydrogens (tertiary/aromatic N) is 3. The van der Waals surface area contributed by atoms with E-state index in [2.05, 4.69) is 40.9 Å². The Morgan fingerprint density at radius 1 is 1.13 bits per heavy atom. The first kappa shape index (κ1) is 20.9. The molecule has 1 unspecified atom stereocenters. The van der Waals surface area contributed by atoms with Crippen LogP contribution in [0.4, 0.5) is 0 Å². The maximum absolute atomic E-state index is 13.3. The van der Waals surface area contributed by atoms with Gasteiger partial charge in [0.05, 0.1) is 7.11 Å². The Morgan fingerprint density at radius 3 is 2.53 bits per heavy atom. The lowest BCUT2D eigenvalue weighted by atomic mass is 9.87. The third-order valence-corrected chi connectivity index (χ3v) is 6.73. The van der Waals surface area contributed by atoms with Crippen molar-refractivity contribution in [2.24, 2.45) is 0 Å². The number of amides is 1. The molecule has 1 aromatic heterocycles. The molecule has 1 aromatic carbocycles. The second-order valence-electron chi connectivity index (χ2n) is 9.03. The van der Waals surface area contributed by atoms with E-state index in [0.717, 1.165) is 69.8 Å². The van der Waals surface area contributed by atoms with E-state index in [0.29, 0.717) is 5.69 Å². The minimum absolute atomic E-state index is 0.0340. The van der Waals surface area contributed by atoms with Gasteiger partial charge in [-0.05, 0) is 56.3 Å². The lowest BCUT2D eigenvalue weighted by molar-refractivity contribution is 0.0547. The van der Waals surface area contributed by atoms with Gasteiger partial charge in [0.15, 0.2) is 5.69 Å². The van der Waals surface area contributed by atoms with Gasteiger partial charge in [-0.3, -0.25) is 9.69 Å². The standard InChI is InChI=1S/C24H33N3O3/c1-18(2)22-16-21(25-30-22)23(28)27-14-5-11-24(27)10-4-13-26(15-12-24)17-19-6-8-20(29-3)9-7-19/h6-9,16,18H,4-5,10-15,17H2,1-3H3. The Balaban J connectivity index is 1.43. The summed E-state index contributed by atoms with van der Waals surface area (Å²) >= 11 is 0. The molecule has 1 spiro atoms. The summed E-state index contributed by atoms with van der Waals surface area (Å²) in [5, 5.41) is 4.08. The van der Waals surface area contributed by atoms with Crippen LogP contribution in [0, 0.1) is 0 Å². The lowest BCUT2D eigenvalue weighted by Gasteiger charge is -2.37. The van der Waals surface area contributed by atoms with Crippen LogP contribution in [0.25, 0.3) is 0 Å².